The minimum absolute atomic E-state index is 0.156. The molecular formula is C26H44O3. The van der Waals surface area contributed by atoms with Gasteiger partial charge in [0.25, 0.3) is 0 Å². The average molecular weight is 405 g/mol. The van der Waals surface area contributed by atoms with Crippen molar-refractivity contribution in [2.24, 2.45) is 5.92 Å². The van der Waals surface area contributed by atoms with Gasteiger partial charge in [0.2, 0.25) is 0 Å². The minimum Gasteiger partial charge on any atom is -0.507 e. The largest absolute Gasteiger partial charge is 0.507 e. The molecule has 1 rings (SSSR count). The fourth-order valence-electron chi connectivity index (χ4n) is 4.40. The molecule has 0 amide bonds. The quantitative estimate of drug-likeness (QED) is 0.402. The first-order chi connectivity index (χ1) is 13.3. The van der Waals surface area contributed by atoms with Crippen molar-refractivity contribution in [3.05, 3.63) is 28.3 Å². The number of aliphatic carboxylic acids is 1. The molecule has 0 aliphatic rings. The Morgan fingerprint density at radius 1 is 0.966 bits per heavy atom. The fraction of sp³-hybridized carbons (Fsp3) is 0.731. The topological polar surface area (TPSA) is 57.5 Å². The highest BCUT2D eigenvalue weighted by Crippen LogP contribution is 2.41. The summed E-state index contributed by atoms with van der Waals surface area (Å²) in [5.41, 5.74) is 3.62. The highest BCUT2D eigenvalue weighted by Gasteiger charge is 2.30. The van der Waals surface area contributed by atoms with Gasteiger partial charge in [0, 0.05) is 0 Å². The maximum atomic E-state index is 12.0. The van der Waals surface area contributed by atoms with E-state index in [1.807, 2.05) is 6.92 Å². The van der Waals surface area contributed by atoms with E-state index in [0.717, 1.165) is 41.5 Å². The number of unbranched alkanes of at least 4 members (excludes halogenated alkanes) is 5. The van der Waals surface area contributed by atoms with Crippen LogP contribution in [-0.2, 0) is 22.0 Å². The van der Waals surface area contributed by atoms with Gasteiger partial charge in [0.1, 0.15) is 5.75 Å². The van der Waals surface area contributed by atoms with E-state index in [1.165, 1.54) is 25.7 Å². The second-order valence-electron chi connectivity index (χ2n) is 10.7. The van der Waals surface area contributed by atoms with E-state index in [1.54, 1.807) is 0 Å². The highest BCUT2D eigenvalue weighted by atomic mass is 16.4. The Hall–Kier alpha value is -1.51. The van der Waals surface area contributed by atoms with E-state index in [2.05, 4.69) is 54.5 Å². The summed E-state index contributed by atoms with van der Waals surface area (Å²) in [5, 5.41) is 20.7. The first-order valence-corrected chi connectivity index (χ1v) is 11.4. The van der Waals surface area contributed by atoms with Crippen molar-refractivity contribution in [1.82, 2.24) is 0 Å². The van der Waals surface area contributed by atoms with Gasteiger partial charge in [0.05, 0.1) is 5.92 Å². The normalized spacial score (nSPS) is 13.5. The van der Waals surface area contributed by atoms with Gasteiger partial charge in [-0.2, -0.15) is 0 Å². The summed E-state index contributed by atoms with van der Waals surface area (Å²) in [6.45, 7) is 16.9. The number of rotatable bonds is 10. The van der Waals surface area contributed by atoms with Gasteiger partial charge in [-0.25, -0.2) is 0 Å². The van der Waals surface area contributed by atoms with Crippen molar-refractivity contribution in [3.63, 3.8) is 0 Å². The summed E-state index contributed by atoms with van der Waals surface area (Å²) in [4.78, 5) is 12.0. The van der Waals surface area contributed by atoms with Crippen molar-refractivity contribution >= 4 is 5.97 Å². The third-order valence-electron chi connectivity index (χ3n) is 5.90. The lowest BCUT2D eigenvalue weighted by Crippen LogP contribution is -2.23. The summed E-state index contributed by atoms with van der Waals surface area (Å²) in [6, 6.07) is 2.07. The molecule has 0 saturated carbocycles. The first-order valence-electron chi connectivity index (χ1n) is 11.4. The van der Waals surface area contributed by atoms with E-state index >= 15 is 0 Å². The van der Waals surface area contributed by atoms with Gasteiger partial charge in [-0.15, -0.1) is 0 Å². The fourth-order valence-corrected chi connectivity index (χ4v) is 4.40. The van der Waals surface area contributed by atoms with Crippen molar-refractivity contribution in [3.8, 4) is 5.75 Å². The molecule has 2 N–H and O–H groups in total. The zero-order valence-corrected chi connectivity index (χ0v) is 20.1. The summed E-state index contributed by atoms with van der Waals surface area (Å²) in [5.74, 6) is -0.727. The van der Waals surface area contributed by atoms with Gasteiger partial charge < -0.3 is 10.2 Å². The van der Waals surface area contributed by atoms with Crippen molar-refractivity contribution in [2.75, 3.05) is 0 Å². The Morgan fingerprint density at radius 3 is 2.00 bits per heavy atom. The molecule has 1 atom stereocenters. The molecule has 0 heterocycles. The molecule has 0 radical (unpaired) electrons. The Kier molecular flexibility index (Phi) is 9.24. The number of hydrogen-bond acceptors (Lipinski definition) is 2. The van der Waals surface area contributed by atoms with Crippen molar-refractivity contribution in [2.45, 2.75) is 118 Å². The SMILES string of the molecule is CCCCCCCCC(Cc1cc(C(C)(C)C)c(O)c(C)c1C(C)(C)C)C(=O)O. The number of carboxylic acids is 1. The number of aromatic hydroxyl groups is 1. The first kappa shape index (κ1) is 25.5. The molecule has 0 spiro atoms. The van der Waals surface area contributed by atoms with Crippen LogP contribution in [0.25, 0.3) is 0 Å². The summed E-state index contributed by atoms with van der Waals surface area (Å²) < 4.78 is 0. The molecule has 3 heteroatoms. The molecule has 166 valence electrons. The molecule has 1 aromatic carbocycles. The second-order valence-corrected chi connectivity index (χ2v) is 10.7. The van der Waals surface area contributed by atoms with Crippen LogP contribution in [-0.4, -0.2) is 16.2 Å². The Morgan fingerprint density at radius 2 is 1.52 bits per heavy atom. The van der Waals surface area contributed by atoms with Gasteiger partial charge in [-0.05, 0) is 52.8 Å². The Bertz CT molecular complexity index is 675. The maximum Gasteiger partial charge on any atom is 0.306 e. The van der Waals surface area contributed by atoms with Crippen LogP contribution in [0.3, 0.4) is 0 Å². The molecule has 0 aromatic heterocycles. The predicted molar refractivity (Wildman–Crippen MR) is 123 cm³/mol. The zero-order valence-electron chi connectivity index (χ0n) is 20.1. The van der Waals surface area contributed by atoms with Crippen LogP contribution >= 0.6 is 0 Å². The van der Waals surface area contributed by atoms with E-state index < -0.39 is 5.97 Å². The molecule has 0 aliphatic heterocycles. The van der Waals surface area contributed by atoms with Crippen LogP contribution in [0.4, 0.5) is 0 Å². The van der Waals surface area contributed by atoms with E-state index in [-0.39, 0.29) is 16.7 Å². The van der Waals surface area contributed by atoms with Gasteiger partial charge in [-0.1, -0.05) is 93.1 Å². The molecule has 0 aliphatic carbocycles. The lowest BCUT2D eigenvalue weighted by molar-refractivity contribution is -0.142. The molecule has 0 fully saturated rings. The molecule has 0 bridgehead atoms. The van der Waals surface area contributed by atoms with Crippen LogP contribution in [0.1, 0.15) is 116 Å². The average Bonchev–Trinajstić information content (AvgIpc) is 2.57. The van der Waals surface area contributed by atoms with E-state index in [4.69, 9.17) is 0 Å². The monoisotopic (exact) mass is 404 g/mol. The zero-order chi connectivity index (χ0) is 22.4. The number of carboxylic acid groups (broad SMARTS) is 1. The van der Waals surface area contributed by atoms with Gasteiger partial charge in [0.15, 0.2) is 0 Å². The van der Waals surface area contributed by atoms with Crippen molar-refractivity contribution < 1.29 is 15.0 Å². The van der Waals surface area contributed by atoms with Crippen LogP contribution in [0, 0.1) is 12.8 Å². The van der Waals surface area contributed by atoms with E-state index in [9.17, 15) is 15.0 Å². The molecule has 1 aromatic rings. The lowest BCUT2D eigenvalue weighted by atomic mass is 9.74. The number of hydrogen-bond donors (Lipinski definition) is 2. The number of benzene rings is 1. The Labute approximate surface area is 178 Å². The molecule has 1 unspecified atom stereocenters. The standard InChI is InChI=1S/C26H44O3/c1-9-10-11-12-13-14-15-19(24(28)29)16-20-17-21(25(3,4)5)23(27)18(2)22(20)26(6,7)8/h17,19,27H,9-16H2,1-8H3,(H,28,29). The molecular weight excluding hydrogens is 360 g/mol. The second kappa shape index (κ2) is 10.5. The minimum atomic E-state index is -0.707. The number of carbonyl (C=O) groups is 1. The van der Waals surface area contributed by atoms with Crippen molar-refractivity contribution in [1.29, 1.82) is 0 Å². The summed E-state index contributed by atoms with van der Waals surface area (Å²) in [7, 11) is 0. The van der Waals surface area contributed by atoms with Crippen LogP contribution in [0.15, 0.2) is 6.07 Å². The van der Waals surface area contributed by atoms with Gasteiger partial charge in [-0.3, -0.25) is 4.79 Å². The summed E-state index contributed by atoms with van der Waals surface area (Å²) in [6.07, 6.45) is 8.25. The Balaban J connectivity index is 3.18. The highest BCUT2D eigenvalue weighted by molar-refractivity contribution is 5.70. The van der Waals surface area contributed by atoms with Crippen LogP contribution < -0.4 is 0 Å². The molecule has 29 heavy (non-hydrogen) atoms. The predicted octanol–water partition coefficient (Wildman–Crippen LogP) is 7.29. The van der Waals surface area contributed by atoms with Gasteiger partial charge >= 0.3 is 5.97 Å². The molecule has 3 nitrogen and oxygen atoms in total. The maximum absolute atomic E-state index is 12.0. The van der Waals surface area contributed by atoms with Crippen LogP contribution in [0.2, 0.25) is 0 Å². The lowest BCUT2D eigenvalue weighted by Gasteiger charge is -2.31. The third kappa shape index (κ3) is 7.35. The number of phenolic OH excluding ortho intramolecular Hbond substituents is 1. The summed E-state index contributed by atoms with van der Waals surface area (Å²) >= 11 is 0. The van der Waals surface area contributed by atoms with Crippen LogP contribution in [0.5, 0.6) is 5.75 Å². The number of phenols is 1. The smallest absolute Gasteiger partial charge is 0.306 e. The molecule has 0 saturated heterocycles. The third-order valence-corrected chi connectivity index (χ3v) is 5.90. The van der Waals surface area contributed by atoms with E-state index in [0.29, 0.717) is 12.2 Å².